The molecule has 0 radical (unpaired) electrons. The van der Waals surface area contributed by atoms with Gasteiger partial charge in [0.25, 0.3) is 0 Å². The van der Waals surface area contributed by atoms with Crippen molar-refractivity contribution in [2.75, 3.05) is 6.61 Å². The van der Waals surface area contributed by atoms with Gasteiger partial charge in [-0.2, -0.15) is 0 Å². The van der Waals surface area contributed by atoms with Crippen LogP contribution < -0.4 is 0 Å². The maximum absolute atomic E-state index is 10.5. The van der Waals surface area contributed by atoms with Crippen molar-refractivity contribution in [1.82, 2.24) is 0 Å². The zero-order valence-electron chi connectivity index (χ0n) is 10.8. The highest BCUT2D eigenvalue weighted by Crippen LogP contribution is 2.44. The van der Waals surface area contributed by atoms with Crippen LogP contribution >= 0.6 is 0 Å². The Hall–Kier alpha value is -1.32. The van der Waals surface area contributed by atoms with Crippen LogP contribution in [0.5, 0.6) is 0 Å². The normalized spacial score (nSPS) is 27.4. The quantitative estimate of drug-likeness (QED) is 0.904. The predicted octanol–water partition coefficient (Wildman–Crippen LogP) is 3.13. The molecule has 0 saturated heterocycles. The maximum atomic E-state index is 10.5. The number of aryl methyl sites for hydroxylation is 1. The summed E-state index contributed by atoms with van der Waals surface area (Å²) >= 11 is 0. The molecule has 3 rings (SSSR count). The van der Waals surface area contributed by atoms with Gasteiger partial charge in [0.05, 0.1) is 6.10 Å². The summed E-state index contributed by atoms with van der Waals surface area (Å²) < 4.78 is 11.3. The molecule has 18 heavy (non-hydrogen) atoms. The number of ether oxygens (including phenoxy) is 1. The lowest BCUT2D eigenvalue weighted by molar-refractivity contribution is -0.151. The van der Waals surface area contributed by atoms with Crippen LogP contribution in [0.25, 0.3) is 11.0 Å². The number of benzene rings is 1. The molecule has 1 saturated carbocycles. The van der Waals surface area contributed by atoms with Crippen LogP contribution in [0.3, 0.4) is 0 Å². The summed E-state index contributed by atoms with van der Waals surface area (Å²) in [4.78, 5) is 0. The molecule has 1 aromatic heterocycles. The lowest BCUT2D eigenvalue weighted by Crippen LogP contribution is -2.45. The van der Waals surface area contributed by atoms with Crippen LogP contribution in [0.15, 0.2) is 28.7 Å². The Balaban J connectivity index is 1.89. The number of aliphatic hydroxyl groups is 1. The van der Waals surface area contributed by atoms with Gasteiger partial charge in [-0.1, -0.05) is 18.2 Å². The van der Waals surface area contributed by atoms with Crippen molar-refractivity contribution in [3.05, 3.63) is 35.6 Å². The minimum Gasteiger partial charge on any atom is -0.458 e. The Morgan fingerprint density at radius 1 is 1.44 bits per heavy atom. The third-order valence-electron chi connectivity index (χ3n) is 3.73. The Labute approximate surface area is 106 Å². The van der Waals surface area contributed by atoms with Crippen LogP contribution in [0, 0.1) is 6.92 Å². The van der Waals surface area contributed by atoms with Gasteiger partial charge >= 0.3 is 0 Å². The molecule has 1 heterocycles. The molecule has 0 unspecified atom stereocenters. The predicted molar refractivity (Wildman–Crippen MR) is 69.5 cm³/mol. The molecular formula is C15H18O3. The standard InChI is InChI=1S/C15H18O3/c1-3-17-12-8-15(16,9-12)13-7-11-6-4-5-10(2)14(11)18-13/h4-7,12,16H,3,8-9H2,1-2H3. The van der Waals surface area contributed by atoms with Crippen molar-refractivity contribution in [1.29, 1.82) is 0 Å². The Kier molecular flexibility index (Phi) is 2.68. The number of rotatable bonds is 3. The summed E-state index contributed by atoms with van der Waals surface area (Å²) in [5, 5.41) is 11.6. The van der Waals surface area contributed by atoms with Gasteiger partial charge in [0.1, 0.15) is 16.9 Å². The first-order valence-electron chi connectivity index (χ1n) is 6.46. The smallest absolute Gasteiger partial charge is 0.137 e. The fourth-order valence-electron chi connectivity index (χ4n) is 2.69. The number of hydrogen-bond acceptors (Lipinski definition) is 3. The number of furan rings is 1. The zero-order valence-corrected chi connectivity index (χ0v) is 10.8. The Morgan fingerprint density at radius 3 is 2.89 bits per heavy atom. The van der Waals surface area contributed by atoms with E-state index >= 15 is 0 Å². The molecule has 3 nitrogen and oxygen atoms in total. The van der Waals surface area contributed by atoms with Crippen molar-refractivity contribution in [2.45, 2.75) is 38.4 Å². The molecule has 0 atom stereocenters. The monoisotopic (exact) mass is 246 g/mol. The molecule has 0 aliphatic heterocycles. The van der Waals surface area contributed by atoms with Gasteiger partial charge in [-0.15, -0.1) is 0 Å². The van der Waals surface area contributed by atoms with Gasteiger partial charge in [0.2, 0.25) is 0 Å². The van der Waals surface area contributed by atoms with E-state index in [0.29, 0.717) is 25.2 Å². The molecule has 1 fully saturated rings. The van der Waals surface area contributed by atoms with Crippen LogP contribution in [-0.2, 0) is 10.3 Å². The van der Waals surface area contributed by atoms with E-state index in [0.717, 1.165) is 16.5 Å². The van der Waals surface area contributed by atoms with Gasteiger partial charge in [0, 0.05) is 24.8 Å². The van der Waals surface area contributed by atoms with E-state index in [-0.39, 0.29) is 6.10 Å². The van der Waals surface area contributed by atoms with E-state index < -0.39 is 5.60 Å². The van der Waals surface area contributed by atoms with Crippen LogP contribution in [0.4, 0.5) is 0 Å². The van der Waals surface area contributed by atoms with Gasteiger partial charge < -0.3 is 14.3 Å². The highest BCUT2D eigenvalue weighted by atomic mass is 16.5. The van der Waals surface area contributed by atoms with Crippen molar-refractivity contribution in [2.24, 2.45) is 0 Å². The van der Waals surface area contributed by atoms with Crippen molar-refractivity contribution in [3.63, 3.8) is 0 Å². The first-order chi connectivity index (χ1) is 8.62. The van der Waals surface area contributed by atoms with Crippen molar-refractivity contribution >= 4 is 11.0 Å². The lowest BCUT2D eigenvalue weighted by atomic mass is 9.75. The molecular weight excluding hydrogens is 228 g/mol. The molecule has 1 aliphatic carbocycles. The second kappa shape index (κ2) is 4.11. The largest absolute Gasteiger partial charge is 0.458 e. The minimum atomic E-state index is -0.842. The number of para-hydroxylation sites is 1. The first-order valence-corrected chi connectivity index (χ1v) is 6.46. The third kappa shape index (κ3) is 1.74. The van der Waals surface area contributed by atoms with Crippen molar-refractivity contribution in [3.8, 4) is 0 Å². The van der Waals surface area contributed by atoms with E-state index in [1.54, 1.807) is 0 Å². The number of hydrogen-bond donors (Lipinski definition) is 1. The van der Waals surface area contributed by atoms with E-state index in [2.05, 4.69) is 0 Å². The highest BCUT2D eigenvalue weighted by molar-refractivity contribution is 5.81. The second-order valence-corrected chi connectivity index (χ2v) is 5.12. The summed E-state index contributed by atoms with van der Waals surface area (Å²) in [6.45, 7) is 4.69. The second-order valence-electron chi connectivity index (χ2n) is 5.12. The molecule has 0 spiro atoms. The van der Waals surface area contributed by atoms with Crippen LogP contribution in [0.2, 0.25) is 0 Å². The van der Waals surface area contributed by atoms with E-state index in [1.807, 2.05) is 38.1 Å². The van der Waals surface area contributed by atoms with Crippen molar-refractivity contribution < 1.29 is 14.3 Å². The van der Waals surface area contributed by atoms with Gasteiger partial charge in [-0.25, -0.2) is 0 Å². The fraction of sp³-hybridized carbons (Fsp3) is 0.467. The third-order valence-corrected chi connectivity index (χ3v) is 3.73. The molecule has 1 aromatic carbocycles. The average Bonchev–Trinajstić information content (AvgIpc) is 2.73. The fourth-order valence-corrected chi connectivity index (χ4v) is 2.69. The average molecular weight is 246 g/mol. The summed E-state index contributed by atoms with van der Waals surface area (Å²) in [6.07, 6.45) is 1.41. The summed E-state index contributed by atoms with van der Waals surface area (Å²) in [5.41, 5.74) is 1.13. The molecule has 2 aromatic rings. The van der Waals surface area contributed by atoms with E-state index in [1.165, 1.54) is 0 Å². The topological polar surface area (TPSA) is 42.6 Å². The van der Waals surface area contributed by atoms with E-state index in [4.69, 9.17) is 9.15 Å². The Morgan fingerprint density at radius 2 is 2.22 bits per heavy atom. The minimum absolute atomic E-state index is 0.161. The summed E-state index contributed by atoms with van der Waals surface area (Å²) in [5.74, 6) is 0.669. The van der Waals surface area contributed by atoms with Gasteiger partial charge in [0.15, 0.2) is 0 Å². The SMILES string of the molecule is CCOC1CC(O)(c2cc3cccc(C)c3o2)C1. The van der Waals surface area contributed by atoms with Crippen LogP contribution in [-0.4, -0.2) is 17.8 Å². The lowest BCUT2D eigenvalue weighted by Gasteiger charge is -2.41. The highest BCUT2D eigenvalue weighted by Gasteiger charge is 2.47. The molecule has 96 valence electrons. The summed E-state index contributed by atoms with van der Waals surface area (Å²) in [7, 11) is 0. The molecule has 0 bridgehead atoms. The summed E-state index contributed by atoms with van der Waals surface area (Å²) in [6, 6.07) is 7.98. The zero-order chi connectivity index (χ0) is 12.8. The van der Waals surface area contributed by atoms with Gasteiger partial charge in [-0.3, -0.25) is 0 Å². The van der Waals surface area contributed by atoms with Crippen LogP contribution in [0.1, 0.15) is 31.1 Å². The first kappa shape index (κ1) is 11.8. The number of fused-ring (bicyclic) bond motifs is 1. The Bertz CT molecular complexity index is 564. The molecule has 3 heteroatoms. The van der Waals surface area contributed by atoms with Gasteiger partial charge in [-0.05, 0) is 25.5 Å². The molecule has 0 amide bonds. The van der Waals surface area contributed by atoms with E-state index in [9.17, 15) is 5.11 Å². The molecule has 1 aliphatic rings. The maximum Gasteiger partial charge on any atom is 0.137 e. The molecule has 1 N–H and O–H groups in total.